The second kappa shape index (κ2) is 6.64. The minimum atomic E-state index is 0.554. The summed E-state index contributed by atoms with van der Waals surface area (Å²) in [5, 5.41) is 3.57. The third kappa shape index (κ3) is 4.04. The molecule has 1 unspecified atom stereocenters. The van der Waals surface area contributed by atoms with E-state index < -0.39 is 0 Å². The number of hydrogen-bond acceptors (Lipinski definition) is 3. The van der Waals surface area contributed by atoms with Gasteiger partial charge >= 0.3 is 0 Å². The molecule has 2 heterocycles. The highest BCUT2D eigenvalue weighted by molar-refractivity contribution is 9.10. The maximum atomic E-state index is 4.47. The Morgan fingerprint density at radius 2 is 2.33 bits per heavy atom. The lowest BCUT2D eigenvalue weighted by atomic mass is 10.2. The minimum Gasteiger partial charge on any atom is -0.313 e. The maximum Gasteiger partial charge on any atom is 0.0544 e. The summed E-state index contributed by atoms with van der Waals surface area (Å²) in [5.41, 5.74) is 1.14. The lowest BCUT2D eigenvalue weighted by Crippen LogP contribution is -2.40. The van der Waals surface area contributed by atoms with Crippen LogP contribution in [0, 0.1) is 0 Å². The zero-order valence-corrected chi connectivity index (χ0v) is 12.8. The molecular formula is C14H22BrN3. The monoisotopic (exact) mass is 311 g/mol. The first-order valence-electron chi connectivity index (χ1n) is 6.73. The quantitative estimate of drug-likeness (QED) is 0.906. The van der Waals surface area contributed by atoms with Crippen molar-refractivity contribution in [1.29, 1.82) is 0 Å². The van der Waals surface area contributed by atoms with E-state index in [2.05, 4.69) is 57.1 Å². The summed E-state index contributed by atoms with van der Waals surface area (Å²) in [5.74, 6) is 0. The van der Waals surface area contributed by atoms with Crippen molar-refractivity contribution < 1.29 is 0 Å². The molecule has 18 heavy (non-hydrogen) atoms. The van der Waals surface area contributed by atoms with Crippen LogP contribution in [0.1, 0.15) is 32.4 Å². The van der Waals surface area contributed by atoms with Crippen LogP contribution in [0.25, 0.3) is 0 Å². The topological polar surface area (TPSA) is 28.2 Å². The Balaban J connectivity index is 1.94. The van der Waals surface area contributed by atoms with Gasteiger partial charge in [-0.05, 0) is 61.3 Å². The summed E-state index contributed by atoms with van der Waals surface area (Å²) in [6.07, 6.45) is 4.49. The number of nitrogens with one attached hydrogen (secondary N) is 1. The van der Waals surface area contributed by atoms with E-state index >= 15 is 0 Å². The SMILES string of the molecule is CC(C)N(Cc1ccc(Br)cn1)CC1CCCN1. The van der Waals surface area contributed by atoms with Gasteiger partial charge in [0, 0.05) is 35.8 Å². The Hall–Kier alpha value is -0.450. The summed E-state index contributed by atoms with van der Waals surface area (Å²) >= 11 is 3.43. The summed E-state index contributed by atoms with van der Waals surface area (Å²) in [4.78, 5) is 6.97. The van der Waals surface area contributed by atoms with E-state index in [1.165, 1.54) is 19.4 Å². The predicted octanol–water partition coefficient (Wildman–Crippen LogP) is 2.81. The Kier molecular flexibility index (Phi) is 5.15. The van der Waals surface area contributed by atoms with Crippen LogP contribution in [0.3, 0.4) is 0 Å². The van der Waals surface area contributed by atoms with Crippen LogP contribution < -0.4 is 5.32 Å². The first kappa shape index (κ1) is 14.0. The largest absolute Gasteiger partial charge is 0.313 e. The fraction of sp³-hybridized carbons (Fsp3) is 0.643. The Bertz CT molecular complexity index is 358. The molecule has 0 radical (unpaired) electrons. The molecule has 0 saturated carbocycles. The van der Waals surface area contributed by atoms with Crippen molar-refractivity contribution in [2.75, 3.05) is 13.1 Å². The highest BCUT2D eigenvalue weighted by atomic mass is 79.9. The molecule has 1 fully saturated rings. The van der Waals surface area contributed by atoms with Gasteiger partial charge < -0.3 is 5.32 Å². The fourth-order valence-corrected chi connectivity index (χ4v) is 2.60. The minimum absolute atomic E-state index is 0.554. The Labute approximate surface area is 118 Å². The average Bonchev–Trinajstić information content (AvgIpc) is 2.84. The number of hydrogen-bond donors (Lipinski definition) is 1. The summed E-state index contributed by atoms with van der Waals surface area (Å²) in [6.45, 7) is 7.74. The van der Waals surface area contributed by atoms with Gasteiger partial charge in [0.25, 0.3) is 0 Å². The van der Waals surface area contributed by atoms with E-state index in [9.17, 15) is 0 Å². The van der Waals surface area contributed by atoms with E-state index in [0.717, 1.165) is 23.3 Å². The molecule has 0 amide bonds. The standard InChI is InChI=1S/C14H22BrN3/c1-11(2)18(9-13-4-3-7-16-13)10-14-6-5-12(15)8-17-14/h5-6,8,11,13,16H,3-4,7,9-10H2,1-2H3. The van der Waals surface area contributed by atoms with Crippen molar-refractivity contribution in [1.82, 2.24) is 15.2 Å². The van der Waals surface area contributed by atoms with Gasteiger partial charge in [-0.3, -0.25) is 9.88 Å². The van der Waals surface area contributed by atoms with Crippen LogP contribution in [0.15, 0.2) is 22.8 Å². The molecule has 100 valence electrons. The van der Waals surface area contributed by atoms with Gasteiger partial charge in [-0.2, -0.15) is 0 Å². The van der Waals surface area contributed by atoms with Crippen LogP contribution in [0.4, 0.5) is 0 Å². The maximum absolute atomic E-state index is 4.47. The molecule has 0 aliphatic carbocycles. The molecule has 1 atom stereocenters. The smallest absolute Gasteiger partial charge is 0.0544 e. The molecule has 2 rings (SSSR count). The molecule has 1 N–H and O–H groups in total. The van der Waals surface area contributed by atoms with Gasteiger partial charge in [0.1, 0.15) is 0 Å². The van der Waals surface area contributed by atoms with E-state index in [1.54, 1.807) is 0 Å². The number of halogens is 1. The Morgan fingerprint density at radius 3 is 2.89 bits per heavy atom. The highest BCUT2D eigenvalue weighted by Crippen LogP contribution is 2.13. The molecule has 0 aromatic carbocycles. The van der Waals surface area contributed by atoms with E-state index in [4.69, 9.17) is 0 Å². The van der Waals surface area contributed by atoms with E-state index in [1.807, 2.05) is 6.20 Å². The summed E-state index contributed by atoms with van der Waals surface area (Å²) in [6, 6.07) is 5.37. The number of nitrogens with zero attached hydrogens (tertiary/aromatic N) is 2. The fourth-order valence-electron chi connectivity index (χ4n) is 2.36. The van der Waals surface area contributed by atoms with Gasteiger partial charge in [0.2, 0.25) is 0 Å². The van der Waals surface area contributed by atoms with Crippen LogP contribution in [-0.2, 0) is 6.54 Å². The molecule has 0 spiro atoms. The van der Waals surface area contributed by atoms with Gasteiger partial charge in [0.15, 0.2) is 0 Å². The number of pyridine rings is 1. The van der Waals surface area contributed by atoms with E-state index in [0.29, 0.717) is 12.1 Å². The van der Waals surface area contributed by atoms with Crippen molar-refractivity contribution in [3.63, 3.8) is 0 Å². The zero-order chi connectivity index (χ0) is 13.0. The zero-order valence-electron chi connectivity index (χ0n) is 11.2. The predicted molar refractivity (Wildman–Crippen MR) is 78.5 cm³/mol. The van der Waals surface area contributed by atoms with Crippen molar-refractivity contribution in [3.8, 4) is 0 Å². The van der Waals surface area contributed by atoms with Crippen LogP contribution in [0.2, 0.25) is 0 Å². The van der Waals surface area contributed by atoms with Gasteiger partial charge in [-0.25, -0.2) is 0 Å². The van der Waals surface area contributed by atoms with Gasteiger partial charge in [0.05, 0.1) is 5.69 Å². The van der Waals surface area contributed by atoms with Crippen molar-refractivity contribution in [2.24, 2.45) is 0 Å². The van der Waals surface area contributed by atoms with Crippen molar-refractivity contribution in [3.05, 3.63) is 28.5 Å². The number of aromatic nitrogens is 1. The van der Waals surface area contributed by atoms with Crippen LogP contribution >= 0.6 is 15.9 Å². The van der Waals surface area contributed by atoms with E-state index in [-0.39, 0.29) is 0 Å². The second-order valence-electron chi connectivity index (χ2n) is 5.28. The van der Waals surface area contributed by atoms with Crippen LogP contribution in [0.5, 0.6) is 0 Å². The van der Waals surface area contributed by atoms with Crippen molar-refractivity contribution >= 4 is 15.9 Å². The first-order valence-corrected chi connectivity index (χ1v) is 7.52. The lowest BCUT2D eigenvalue weighted by molar-refractivity contribution is 0.192. The third-order valence-electron chi connectivity index (χ3n) is 3.50. The highest BCUT2D eigenvalue weighted by Gasteiger charge is 2.19. The molecule has 3 nitrogen and oxygen atoms in total. The molecule has 1 aromatic rings. The van der Waals surface area contributed by atoms with Gasteiger partial charge in [-0.1, -0.05) is 0 Å². The second-order valence-corrected chi connectivity index (χ2v) is 6.20. The normalized spacial score (nSPS) is 19.9. The molecule has 1 saturated heterocycles. The molecule has 1 aliphatic rings. The summed E-state index contributed by atoms with van der Waals surface area (Å²) in [7, 11) is 0. The molecule has 1 aliphatic heterocycles. The number of rotatable bonds is 5. The lowest BCUT2D eigenvalue weighted by Gasteiger charge is -2.29. The average molecular weight is 312 g/mol. The molecular weight excluding hydrogens is 290 g/mol. The molecule has 0 bridgehead atoms. The third-order valence-corrected chi connectivity index (χ3v) is 3.97. The Morgan fingerprint density at radius 1 is 1.50 bits per heavy atom. The summed E-state index contributed by atoms with van der Waals surface area (Å²) < 4.78 is 1.04. The van der Waals surface area contributed by atoms with Gasteiger partial charge in [-0.15, -0.1) is 0 Å². The van der Waals surface area contributed by atoms with Crippen LogP contribution in [-0.4, -0.2) is 35.1 Å². The molecule has 1 aromatic heterocycles. The first-order chi connectivity index (χ1) is 8.65. The van der Waals surface area contributed by atoms with Crippen molar-refractivity contribution in [2.45, 2.75) is 45.3 Å². The molecule has 4 heteroatoms.